The number of piperazine rings is 1. The van der Waals surface area contributed by atoms with Gasteiger partial charge in [0.15, 0.2) is 0 Å². The molecule has 2 amide bonds. The van der Waals surface area contributed by atoms with Gasteiger partial charge >= 0.3 is 0 Å². The first kappa shape index (κ1) is 24.1. The van der Waals surface area contributed by atoms with Gasteiger partial charge in [-0.1, -0.05) is 37.3 Å². The minimum atomic E-state index is -1.15. The smallest absolute Gasteiger partial charge is 0.254 e. The summed E-state index contributed by atoms with van der Waals surface area (Å²) in [5.41, 5.74) is 7.76. The maximum atomic E-state index is 13.2. The number of amides is 2. The molecule has 6 aliphatic rings. The third-order valence-corrected chi connectivity index (χ3v) is 9.66. The van der Waals surface area contributed by atoms with Crippen molar-refractivity contribution < 1.29 is 19.8 Å². The number of benzene rings is 1. The largest absolute Gasteiger partial charge is 0.396 e. The highest BCUT2D eigenvalue weighted by atomic mass is 16.3. The molecule has 2 N–H and O–H groups in total. The summed E-state index contributed by atoms with van der Waals surface area (Å²) in [4.78, 5) is 29.1. The van der Waals surface area contributed by atoms with Gasteiger partial charge in [0.2, 0.25) is 0 Å². The third-order valence-electron chi connectivity index (χ3n) is 9.66. The van der Waals surface area contributed by atoms with Crippen LogP contribution in [-0.4, -0.2) is 70.2 Å². The molecule has 6 heteroatoms. The number of hydrogen-bond donors (Lipinski definition) is 2. The van der Waals surface area contributed by atoms with Crippen LogP contribution in [0.25, 0.3) is 5.57 Å². The molecule has 0 spiro atoms. The first-order valence-corrected chi connectivity index (χ1v) is 14.3. The first-order valence-electron chi connectivity index (χ1n) is 14.3. The standard InChI is InChI=1S/C32H36N2O4/c1-19-16-25(19)24(8-15-35)28-27-17-22(6-7-23-18-26(23)29(27)28)20-2-4-21(5-3-20)30(36)33-11-13-34(14-12-33)31(37)32(38)9-10-32/h2-7,17,19,24-25,28,35,38H,8-16,18H2,1H3. The molecule has 0 radical (unpaired) electrons. The number of nitrogens with zero attached hydrogens (tertiary/aromatic N) is 2. The van der Waals surface area contributed by atoms with Crippen molar-refractivity contribution in [3.05, 3.63) is 75.9 Å². The molecule has 198 valence electrons. The molecule has 6 nitrogen and oxygen atoms in total. The van der Waals surface area contributed by atoms with E-state index >= 15 is 0 Å². The predicted molar refractivity (Wildman–Crippen MR) is 145 cm³/mol. The van der Waals surface area contributed by atoms with Crippen molar-refractivity contribution in [1.29, 1.82) is 0 Å². The summed E-state index contributed by atoms with van der Waals surface area (Å²) < 4.78 is 0. The molecule has 7 rings (SSSR count). The van der Waals surface area contributed by atoms with Crippen LogP contribution in [-0.2, 0) is 4.79 Å². The topological polar surface area (TPSA) is 81.1 Å². The van der Waals surface area contributed by atoms with E-state index in [0.717, 1.165) is 30.2 Å². The fraction of sp³-hybridized carbons (Fsp3) is 0.500. The molecule has 2 saturated carbocycles. The lowest BCUT2D eigenvalue weighted by Crippen LogP contribution is -2.53. The predicted octanol–water partition coefficient (Wildman–Crippen LogP) is 3.73. The molecule has 1 saturated heterocycles. The van der Waals surface area contributed by atoms with Crippen molar-refractivity contribution in [2.45, 2.75) is 44.6 Å². The highest BCUT2D eigenvalue weighted by Crippen LogP contribution is 2.63. The zero-order valence-corrected chi connectivity index (χ0v) is 22.0. The van der Waals surface area contributed by atoms with Gasteiger partial charge in [0, 0.05) is 44.3 Å². The van der Waals surface area contributed by atoms with Gasteiger partial charge in [-0.3, -0.25) is 9.59 Å². The monoisotopic (exact) mass is 512 g/mol. The molecule has 4 atom stereocenters. The summed E-state index contributed by atoms with van der Waals surface area (Å²) in [5, 5.41) is 19.9. The molecule has 0 aromatic heterocycles. The van der Waals surface area contributed by atoms with Crippen LogP contribution in [0.1, 0.15) is 54.9 Å². The van der Waals surface area contributed by atoms with Crippen LogP contribution < -0.4 is 0 Å². The van der Waals surface area contributed by atoms with E-state index in [1.165, 1.54) is 34.3 Å². The van der Waals surface area contributed by atoms with Crippen molar-refractivity contribution in [1.82, 2.24) is 9.80 Å². The Kier molecular flexibility index (Phi) is 5.57. The van der Waals surface area contributed by atoms with Gasteiger partial charge in [-0.05, 0) is 95.4 Å². The van der Waals surface area contributed by atoms with Crippen LogP contribution >= 0.6 is 0 Å². The molecular formula is C32H36N2O4. The van der Waals surface area contributed by atoms with E-state index in [-0.39, 0.29) is 18.4 Å². The Bertz CT molecular complexity index is 1320. The van der Waals surface area contributed by atoms with E-state index in [9.17, 15) is 19.8 Å². The Morgan fingerprint density at radius 2 is 1.74 bits per heavy atom. The molecule has 0 bridgehead atoms. The molecular weight excluding hydrogens is 476 g/mol. The minimum Gasteiger partial charge on any atom is -0.396 e. The summed E-state index contributed by atoms with van der Waals surface area (Å²) in [7, 11) is 0. The van der Waals surface area contributed by atoms with Crippen LogP contribution in [0.5, 0.6) is 0 Å². The van der Waals surface area contributed by atoms with Gasteiger partial charge in [0.05, 0.1) is 0 Å². The number of aliphatic hydroxyl groups excluding tert-OH is 1. The zero-order chi connectivity index (χ0) is 26.2. The quantitative estimate of drug-likeness (QED) is 0.584. The van der Waals surface area contributed by atoms with Gasteiger partial charge in [0.1, 0.15) is 5.60 Å². The number of fused-ring (bicyclic) bond motifs is 1. The highest BCUT2D eigenvalue weighted by molar-refractivity contribution is 5.95. The van der Waals surface area contributed by atoms with Crippen molar-refractivity contribution in [2.24, 2.45) is 23.7 Å². The summed E-state index contributed by atoms with van der Waals surface area (Å²) in [6, 6.07) is 7.91. The average molecular weight is 513 g/mol. The molecule has 1 aromatic rings. The number of rotatable bonds is 7. The Morgan fingerprint density at radius 3 is 2.37 bits per heavy atom. The van der Waals surface area contributed by atoms with Gasteiger partial charge in [-0.25, -0.2) is 0 Å². The number of hydrogen-bond acceptors (Lipinski definition) is 4. The maximum absolute atomic E-state index is 13.2. The lowest BCUT2D eigenvalue weighted by atomic mass is 9.88. The summed E-state index contributed by atoms with van der Waals surface area (Å²) >= 11 is 0. The fourth-order valence-corrected chi connectivity index (χ4v) is 6.84. The summed E-state index contributed by atoms with van der Waals surface area (Å²) in [6.45, 7) is 4.50. The number of carbonyl (C=O) groups is 2. The molecule has 3 fully saturated rings. The molecule has 1 aliphatic heterocycles. The van der Waals surface area contributed by atoms with E-state index in [2.05, 4.69) is 25.2 Å². The number of aliphatic hydroxyl groups is 2. The molecule has 4 unspecified atom stereocenters. The van der Waals surface area contributed by atoms with Crippen LogP contribution in [0.2, 0.25) is 0 Å². The van der Waals surface area contributed by atoms with E-state index in [1.54, 1.807) is 9.80 Å². The normalized spacial score (nSPS) is 29.1. The Labute approximate surface area is 224 Å². The second kappa shape index (κ2) is 8.78. The summed E-state index contributed by atoms with van der Waals surface area (Å²) in [6.07, 6.45) is 11.1. The van der Waals surface area contributed by atoms with Crippen molar-refractivity contribution >= 4 is 17.4 Å². The molecule has 5 aliphatic carbocycles. The number of allylic oxidation sites excluding steroid dienone is 8. The first-order chi connectivity index (χ1) is 18.4. The van der Waals surface area contributed by atoms with Crippen molar-refractivity contribution in [2.75, 3.05) is 32.8 Å². The average Bonchev–Trinajstić information content (AvgIpc) is 3.75. The fourth-order valence-electron chi connectivity index (χ4n) is 6.84. The van der Waals surface area contributed by atoms with Crippen molar-refractivity contribution in [3.63, 3.8) is 0 Å². The maximum Gasteiger partial charge on any atom is 0.254 e. The van der Waals surface area contributed by atoms with E-state index < -0.39 is 5.60 Å². The van der Waals surface area contributed by atoms with Crippen LogP contribution in [0.4, 0.5) is 0 Å². The van der Waals surface area contributed by atoms with Crippen LogP contribution in [0.3, 0.4) is 0 Å². The van der Waals surface area contributed by atoms with E-state index in [1.807, 2.05) is 24.3 Å². The second-order valence-corrected chi connectivity index (χ2v) is 12.2. The van der Waals surface area contributed by atoms with Crippen molar-refractivity contribution in [3.8, 4) is 0 Å². The molecule has 38 heavy (non-hydrogen) atoms. The van der Waals surface area contributed by atoms with Crippen LogP contribution in [0.15, 0.2) is 64.8 Å². The Hall–Kier alpha value is -2.96. The van der Waals surface area contributed by atoms with Gasteiger partial charge in [-0.2, -0.15) is 0 Å². The zero-order valence-electron chi connectivity index (χ0n) is 22.0. The third kappa shape index (κ3) is 4.18. The SMILES string of the molecule is CC1CC1C(CCO)C1C2=C1C1=C(C=CC(c3ccc(C(=O)N4CCN(C(=O)C5(O)CC5)CC4)cc3)=C2)C1. The molecule has 1 heterocycles. The second-order valence-electron chi connectivity index (χ2n) is 12.2. The van der Waals surface area contributed by atoms with Gasteiger partial charge < -0.3 is 20.0 Å². The Morgan fingerprint density at radius 1 is 1.05 bits per heavy atom. The summed E-state index contributed by atoms with van der Waals surface area (Å²) in [5.74, 6) is 2.35. The van der Waals surface area contributed by atoms with E-state index in [4.69, 9.17) is 0 Å². The lowest BCUT2D eigenvalue weighted by molar-refractivity contribution is -0.143. The lowest BCUT2D eigenvalue weighted by Gasteiger charge is -2.35. The van der Waals surface area contributed by atoms with Crippen LogP contribution in [0, 0.1) is 23.7 Å². The highest BCUT2D eigenvalue weighted by Gasteiger charge is 2.53. The minimum absolute atomic E-state index is 0.0126. The molecule has 1 aromatic carbocycles. The van der Waals surface area contributed by atoms with E-state index in [0.29, 0.717) is 56.4 Å². The van der Waals surface area contributed by atoms with Gasteiger partial charge in [-0.15, -0.1) is 0 Å². The van der Waals surface area contributed by atoms with Gasteiger partial charge in [0.25, 0.3) is 11.8 Å². The Balaban J connectivity index is 1.04. The number of carbonyl (C=O) groups excluding carboxylic acids is 2.